The molecule has 0 saturated carbocycles. The van der Waals surface area contributed by atoms with Gasteiger partial charge in [0.15, 0.2) is 5.82 Å². The number of likely N-dealkylation sites (N-methyl/N-ethyl adjacent to an activating group) is 1. The standard InChI is InChI=1S/C28H30F3N7O/c1-18-12-19-4-5-20(13-22(19)16-32-18)25-15-26(35-37(25)3)34-27(39)33-23-7-6-21(24(14-23)28(29,30)31)17-38-10-8-36(2)9-11-38/h4-7,12-16H,8-11,17H2,1-3H3,(H2,33,34,35,39). The Morgan fingerprint density at radius 3 is 2.46 bits per heavy atom. The van der Waals surface area contributed by atoms with E-state index in [0.717, 1.165) is 46.9 Å². The molecule has 4 aromatic rings. The first kappa shape index (κ1) is 26.6. The molecule has 0 radical (unpaired) electrons. The van der Waals surface area contributed by atoms with Crippen molar-refractivity contribution in [3.63, 3.8) is 0 Å². The van der Waals surface area contributed by atoms with Crippen LogP contribution in [-0.4, -0.2) is 63.8 Å². The third-order valence-corrected chi connectivity index (χ3v) is 6.94. The molecule has 0 unspecified atom stereocenters. The Labute approximate surface area is 224 Å². The molecule has 0 atom stereocenters. The van der Waals surface area contributed by atoms with Gasteiger partial charge < -0.3 is 10.2 Å². The summed E-state index contributed by atoms with van der Waals surface area (Å²) in [5.41, 5.74) is 2.08. The summed E-state index contributed by atoms with van der Waals surface area (Å²) in [6, 6.07) is 12.9. The number of alkyl halides is 3. The zero-order valence-electron chi connectivity index (χ0n) is 22.0. The second-order valence-electron chi connectivity index (χ2n) is 9.95. The summed E-state index contributed by atoms with van der Waals surface area (Å²) in [6.07, 6.45) is -2.73. The number of fused-ring (bicyclic) bond motifs is 1. The Morgan fingerprint density at radius 1 is 0.949 bits per heavy atom. The Hall–Kier alpha value is -3.96. The second kappa shape index (κ2) is 10.7. The molecule has 204 valence electrons. The minimum atomic E-state index is -4.54. The van der Waals surface area contributed by atoms with Crippen LogP contribution in [0.5, 0.6) is 0 Å². The number of anilines is 2. The van der Waals surface area contributed by atoms with E-state index >= 15 is 0 Å². The highest BCUT2D eigenvalue weighted by atomic mass is 19.4. The number of benzene rings is 2. The van der Waals surface area contributed by atoms with E-state index in [-0.39, 0.29) is 23.6 Å². The fourth-order valence-corrected chi connectivity index (χ4v) is 4.79. The molecule has 0 spiro atoms. The van der Waals surface area contributed by atoms with Crippen molar-refractivity contribution in [2.75, 3.05) is 43.9 Å². The number of halogens is 3. The second-order valence-corrected chi connectivity index (χ2v) is 9.95. The number of carbonyl (C=O) groups excluding carboxylic acids is 1. The molecule has 39 heavy (non-hydrogen) atoms. The molecule has 1 fully saturated rings. The number of hydrogen-bond donors (Lipinski definition) is 2. The molecule has 11 heteroatoms. The van der Waals surface area contributed by atoms with E-state index < -0.39 is 17.8 Å². The van der Waals surface area contributed by atoms with Crippen LogP contribution in [0.4, 0.5) is 29.5 Å². The Morgan fingerprint density at radius 2 is 1.72 bits per heavy atom. The maximum atomic E-state index is 13.9. The van der Waals surface area contributed by atoms with Crippen molar-refractivity contribution in [3.8, 4) is 11.3 Å². The van der Waals surface area contributed by atoms with Crippen LogP contribution in [0, 0.1) is 6.92 Å². The third-order valence-electron chi connectivity index (χ3n) is 6.94. The van der Waals surface area contributed by atoms with Crippen LogP contribution in [-0.2, 0) is 19.8 Å². The van der Waals surface area contributed by atoms with E-state index in [4.69, 9.17) is 0 Å². The maximum absolute atomic E-state index is 13.9. The Kier molecular flexibility index (Phi) is 7.28. The van der Waals surface area contributed by atoms with Gasteiger partial charge in [-0.2, -0.15) is 18.3 Å². The highest BCUT2D eigenvalue weighted by molar-refractivity contribution is 5.99. The van der Waals surface area contributed by atoms with Gasteiger partial charge in [0, 0.05) is 74.4 Å². The number of piperazine rings is 1. The van der Waals surface area contributed by atoms with Gasteiger partial charge in [-0.05, 0) is 49.2 Å². The van der Waals surface area contributed by atoms with Crippen molar-refractivity contribution in [1.29, 1.82) is 0 Å². The first-order chi connectivity index (χ1) is 18.5. The number of rotatable bonds is 5. The maximum Gasteiger partial charge on any atom is 0.416 e. The lowest BCUT2D eigenvalue weighted by atomic mass is 10.0. The fourth-order valence-electron chi connectivity index (χ4n) is 4.79. The largest absolute Gasteiger partial charge is 0.416 e. The molecule has 2 aromatic carbocycles. The van der Waals surface area contributed by atoms with Crippen molar-refractivity contribution in [2.24, 2.45) is 7.05 Å². The molecule has 3 heterocycles. The normalized spacial score (nSPS) is 15.0. The highest BCUT2D eigenvalue weighted by Gasteiger charge is 2.34. The summed E-state index contributed by atoms with van der Waals surface area (Å²) in [5, 5.41) is 11.5. The number of aromatic nitrogens is 3. The number of nitrogens with one attached hydrogen (secondary N) is 2. The number of carbonyl (C=O) groups is 1. The van der Waals surface area contributed by atoms with Crippen LogP contribution in [0.25, 0.3) is 22.0 Å². The average Bonchev–Trinajstić information content (AvgIpc) is 3.24. The van der Waals surface area contributed by atoms with Crippen LogP contribution >= 0.6 is 0 Å². The van der Waals surface area contributed by atoms with Gasteiger partial charge in [0.1, 0.15) is 0 Å². The van der Waals surface area contributed by atoms with Gasteiger partial charge in [0.05, 0.1) is 11.3 Å². The summed E-state index contributed by atoms with van der Waals surface area (Å²) in [7, 11) is 3.75. The van der Waals surface area contributed by atoms with Crippen molar-refractivity contribution >= 4 is 28.3 Å². The first-order valence-electron chi connectivity index (χ1n) is 12.6. The summed E-state index contributed by atoms with van der Waals surface area (Å²) >= 11 is 0. The molecule has 0 bridgehead atoms. The molecule has 1 saturated heterocycles. The zero-order chi connectivity index (χ0) is 27.7. The van der Waals surface area contributed by atoms with E-state index in [9.17, 15) is 18.0 Å². The Bertz CT molecular complexity index is 1510. The summed E-state index contributed by atoms with van der Waals surface area (Å²) < 4.78 is 43.3. The van der Waals surface area contributed by atoms with Gasteiger partial charge in [-0.15, -0.1) is 0 Å². The van der Waals surface area contributed by atoms with Gasteiger partial charge in [0.25, 0.3) is 0 Å². The zero-order valence-corrected chi connectivity index (χ0v) is 22.0. The van der Waals surface area contributed by atoms with Crippen molar-refractivity contribution < 1.29 is 18.0 Å². The number of pyridine rings is 1. The smallest absolute Gasteiger partial charge is 0.308 e. The van der Waals surface area contributed by atoms with E-state index in [0.29, 0.717) is 13.1 Å². The predicted molar refractivity (Wildman–Crippen MR) is 146 cm³/mol. The van der Waals surface area contributed by atoms with Gasteiger partial charge in [-0.25, -0.2) is 4.79 Å². The number of hydrogen-bond acceptors (Lipinski definition) is 5. The van der Waals surface area contributed by atoms with E-state index in [2.05, 4.69) is 25.6 Å². The lowest BCUT2D eigenvalue weighted by molar-refractivity contribution is -0.138. The number of amides is 2. The molecule has 5 rings (SSSR count). The van der Waals surface area contributed by atoms with Crippen molar-refractivity contribution in [1.82, 2.24) is 24.6 Å². The molecule has 2 N–H and O–H groups in total. The van der Waals surface area contributed by atoms with E-state index in [1.807, 2.05) is 49.3 Å². The molecule has 8 nitrogen and oxygen atoms in total. The molecular weight excluding hydrogens is 507 g/mol. The first-order valence-corrected chi connectivity index (χ1v) is 12.6. The summed E-state index contributed by atoms with van der Waals surface area (Å²) in [5.74, 6) is 0.273. The number of urea groups is 1. The quantitative estimate of drug-likeness (QED) is 0.359. The third kappa shape index (κ3) is 6.21. The van der Waals surface area contributed by atoms with Crippen LogP contribution in [0.2, 0.25) is 0 Å². The molecular formula is C28H30F3N7O. The van der Waals surface area contributed by atoms with Gasteiger partial charge in [-0.3, -0.25) is 19.9 Å². The van der Waals surface area contributed by atoms with Crippen molar-refractivity contribution in [2.45, 2.75) is 19.6 Å². The molecule has 2 aromatic heterocycles. The minimum Gasteiger partial charge on any atom is -0.308 e. The SMILES string of the molecule is Cc1cc2ccc(-c3cc(NC(=O)Nc4ccc(CN5CCN(C)CC5)c(C(F)(F)F)c4)nn3C)cc2cn1. The van der Waals surface area contributed by atoms with Gasteiger partial charge in [-0.1, -0.05) is 18.2 Å². The summed E-state index contributed by atoms with van der Waals surface area (Å²) in [6.45, 7) is 5.18. The van der Waals surface area contributed by atoms with Crippen LogP contribution in [0.3, 0.4) is 0 Å². The van der Waals surface area contributed by atoms with Crippen LogP contribution in [0.1, 0.15) is 16.8 Å². The highest BCUT2D eigenvalue weighted by Crippen LogP contribution is 2.35. The monoisotopic (exact) mass is 537 g/mol. The lowest BCUT2D eigenvalue weighted by Gasteiger charge is -2.33. The molecule has 1 aliphatic heterocycles. The number of aryl methyl sites for hydroxylation is 2. The topological polar surface area (TPSA) is 78.3 Å². The lowest BCUT2D eigenvalue weighted by Crippen LogP contribution is -2.44. The van der Waals surface area contributed by atoms with E-state index in [1.54, 1.807) is 17.8 Å². The number of nitrogens with zero attached hydrogens (tertiary/aromatic N) is 5. The van der Waals surface area contributed by atoms with Gasteiger partial charge in [0.2, 0.25) is 0 Å². The average molecular weight is 538 g/mol. The van der Waals surface area contributed by atoms with Crippen LogP contribution < -0.4 is 10.6 Å². The van der Waals surface area contributed by atoms with Gasteiger partial charge >= 0.3 is 12.2 Å². The fraction of sp³-hybridized carbons (Fsp3) is 0.321. The molecule has 0 aliphatic carbocycles. The van der Waals surface area contributed by atoms with Crippen molar-refractivity contribution in [3.05, 3.63) is 71.5 Å². The predicted octanol–water partition coefficient (Wildman–Crippen LogP) is 5.35. The summed E-state index contributed by atoms with van der Waals surface area (Å²) in [4.78, 5) is 21.2. The minimum absolute atomic E-state index is 0.0513. The van der Waals surface area contributed by atoms with Crippen LogP contribution in [0.15, 0.2) is 54.7 Å². The molecule has 2 amide bonds. The van der Waals surface area contributed by atoms with E-state index in [1.165, 1.54) is 12.1 Å². The Balaban J connectivity index is 1.29. The molecule has 1 aliphatic rings.